The highest BCUT2D eigenvalue weighted by Gasteiger charge is 2.34. The number of para-hydroxylation sites is 4. The van der Waals surface area contributed by atoms with Crippen LogP contribution in [0.1, 0.15) is 47.2 Å². The van der Waals surface area contributed by atoms with Gasteiger partial charge in [0.2, 0.25) is 0 Å². The van der Waals surface area contributed by atoms with E-state index in [9.17, 15) is 0 Å². The average Bonchev–Trinajstić information content (AvgIpc) is 3.94. The Morgan fingerprint density at radius 3 is 2.07 bits per heavy atom. The fourth-order valence-corrected chi connectivity index (χ4v) is 11.3. The predicted molar refractivity (Wildman–Crippen MR) is 248 cm³/mol. The molecule has 0 saturated carbocycles. The van der Waals surface area contributed by atoms with Gasteiger partial charge in [0.15, 0.2) is 0 Å². The lowest BCUT2D eigenvalue weighted by atomic mass is 9.73. The van der Waals surface area contributed by atoms with Gasteiger partial charge >= 0.3 is 0 Å². The fraction of sp³-hybridized carbons (Fsp3) is 0.0909. The third kappa shape index (κ3) is 5.03. The molecule has 3 aromatic heterocycles. The van der Waals surface area contributed by atoms with Crippen LogP contribution in [-0.2, 0) is 11.8 Å². The molecule has 0 amide bonds. The zero-order valence-electron chi connectivity index (χ0n) is 32.3. The van der Waals surface area contributed by atoms with Crippen molar-refractivity contribution < 1.29 is 0 Å². The molecule has 0 saturated heterocycles. The standard InChI is InChI=1S/C55H40N2S/c1-55(48-23-14-22-44-41-19-8-12-25-50(41)57(53(44)48)39-17-6-3-7-18-39)32-31-51-47(35-55)42-20-9-11-24-49(42)56(51)40-33-45(54-46(34-40)43-21-10-13-26-52(43)58-54)38-29-27-37(28-30-38)36-15-4-2-5-16-36/h2-27,29-34,37H,28,35H2,1H3. The number of benzene rings is 7. The van der Waals surface area contributed by atoms with E-state index in [0.717, 1.165) is 12.8 Å². The number of rotatable bonds is 5. The zero-order valence-corrected chi connectivity index (χ0v) is 33.1. The van der Waals surface area contributed by atoms with Crippen molar-refractivity contribution in [2.75, 3.05) is 0 Å². The molecule has 12 rings (SSSR count). The van der Waals surface area contributed by atoms with E-state index in [2.05, 4.69) is 210 Å². The van der Waals surface area contributed by atoms with Gasteiger partial charge in [-0.15, -0.1) is 11.3 Å². The molecule has 276 valence electrons. The van der Waals surface area contributed by atoms with Crippen molar-refractivity contribution in [3.8, 4) is 11.4 Å². The van der Waals surface area contributed by atoms with Gasteiger partial charge in [0.1, 0.15) is 0 Å². The van der Waals surface area contributed by atoms with E-state index < -0.39 is 0 Å². The van der Waals surface area contributed by atoms with Gasteiger partial charge in [0.05, 0.1) is 16.6 Å². The van der Waals surface area contributed by atoms with Gasteiger partial charge in [-0.1, -0.05) is 153 Å². The normalized spacial score (nSPS) is 17.8. The Morgan fingerprint density at radius 2 is 1.28 bits per heavy atom. The second-order valence-corrected chi connectivity index (χ2v) is 17.3. The summed E-state index contributed by atoms with van der Waals surface area (Å²) in [6.07, 6.45) is 14.0. The van der Waals surface area contributed by atoms with E-state index in [0.29, 0.717) is 5.92 Å². The quantitative estimate of drug-likeness (QED) is 0.165. The number of thiophene rings is 1. The maximum atomic E-state index is 2.54. The van der Waals surface area contributed by atoms with Crippen molar-refractivity contribution in [2.45, 2.75) is 31.1 Å². The number of nitrogens with zero attached hydrogens (tertiary/aromatic N) is 2. The average molecular weight is 761 g/mol. The molecule has 2 nitrogen and oxygen atoms in total. The van der Waals surface area contributed by atoms with Crippen molar-refractivity contribution in [1.82, 2.24) is 9.13 Å². The van der Waals surface area contributed by atoms with Crippen LogP contribution in [-0.4, -0.2) is 9.13 Å². The second-order valence-electron chi connectivity index (χ2n) is 16.3. The number of fused-ring (bicyclic) bond motifs is 9. The van der Waals surface area contributed by atoms with E-state index in [4.69, 9.17) is 0 Å². The van der Waals surface area contributed by atoms with Crippen molar-refractivity contribution >= 4 is 75.9 Å². The first-order valence-corrected chi connectivity index (χ1v) is 21.2. The minimum absolute atomic E-state index is 0.242. The van der Waals surface area contributed by atoms with Gasteiger partial charge in [-0.3, -0.25) is 0 Å². The molecule has 7 aromatic carbocycles. The highest BCUT2D eigenvalue weighted by atomic mass is 32.1. The first kappa shape index (κ1) is 33.5. The molecule has 0 bridgehead atoms. The lowest BCUT2D eigenvalue weighted by molar-refractivity contribution is 0.591. The highest BCUT2D eigenvalue weighted by Crippen LogP contribution is 2.47. The second kappa shape index (κ2) is 12.9. The van der Waals surface area contributed by atoms with Crippen LogP contribution >= 0.6 is 11.3 Å². The van der Waals surface area contributed by atoms with Crippen molar-refractivity contribution in [1.29, 1.82) is 0 Å². The molecule has 0 radical (unpaired) electrons. The van der Waals surface area contributed by atoms with Crippen LogP contribution in [0, 0.1) is 0 Å². The van der Waals surface area contributed by atoms with E-state index in [1.165, 1.54) is 97.8 Å². The van der Waals surface area contributed by atoms with Gasteiger partial charge < -0.3 is 9.13 Å². The fourth-order valence-electron chi connectivity index (χ4n) is 10.1. The molecular weight excluding hydrogens is 721 g/mol. The summed E-state index contributed by atoms with van der Waals surface area (Å²) in [6, 6.07) is 60.4. The summed E-state index contributed by atoms with van der Waals surface area (Å²) in [6.45, 7) is 2.44. The van der Waals surface area contributed by atoms with Crippen LogP contribution in [0.4, 0.5) is 0 Å². The molecule has 0 aliphatic heterocycles. The van der Waals surface area contributed by atoms with Crippen molar-refractivity contribution in [2.24, 2.45) is 0 Å². The van der Waals surface area contributed by atoms with E-state index in [1.807, 2.05) is 11.3 Å². The van der Waals surface area contributed by atoms with E-state index in [-0.39, 0.29) is 5.41 Å². The largest absolute Gasteiger partial charge is 0.310 e. The Kier molecular flexibility index (Phi) is 7.46. The number of allylic oxidation sites excluding steroid dienone is 5. The van der Waals surface area contributed by atoms with Gasteiger partial charge in [0.25, 0.3) is 0 Å². The molecule has 0 fully saturated rings. The summed E-state index contributed by atoms with van der Waals surface area (Å²) in [4.78, 5) is 0. The van der Waals surface area contributed by atoms with Crippen LogP contribution in [0.25, 0.3) is 75.9 Å². The smallest absolute Gasteiger partial charge is 0.0581 e. The van der Waals surface area contributed by atoms with Crippen molar-refractivity contribution in [3.63, 3.8) is 0 Å². The van der Waals surface area contributed by atoms with Gasteiger partial charge in [-0.05, 0) is 83.6 Å². The van der Waals surface area contributed by atoms with Gasteiger partial charge in [-0.25, -0.2) is 0 Å². The summed E-state index contributed by atoms with van der Waals surface area (Å²) in [5.74, 6) is 0.394. The number of hydrogen-bond donors (Lipinski definition) is 0. The minimum atomic E-state index is -0.242. The van der Waals surface area contributed by atoms with E-state index >= 15 is 0 Å². The summed E-state index contributed by atoms with van der Waals surface area (Å²) in [5.41, 5.74) is 14.0. The lowest BCUT2D eigenvalue weighted by Crippen LogP contribution is -2.26. The third-order valence-electron chi connectivity index (χ3n) is 12.9. The molecule has 3 heteroatoms. The Hall–Kier alpha value is -6.68. The highest BCUT2D eigenvalue weighted by molar-refractivity contribution is 7.26. The lowest BCUT2D eigenvalue weighted by Gasteiger charge is -2.32. The molecule has 2 aliphatic carbocycles. The monoisotopic (exact) mass is 760 g/mol. The Balaban J connectivity index is 1.04. The van der Waals surface area contributed by atoms with Crippen LogP contribution in [0.2, 0.25) is 0 Å². The third-order valence-corrected chi connectivity index (χ3v) is 14.1. The number of hydrogen-bond acceptors (Lipinski definition) is 1. The van der Waals surface area contributed by atoms with Crippen LogP contribution in [0.15, 0.2) is 188 Å². The molecule has 10 aromatic rings. The molecule has 0 N–H and O–H groups in total. The van der Waals surface area contributed by atoms with Crippen LogP contribution < -0.4 is 0 Å². The topological polar surface area (TPSA) is 9.86 Å². The van der Waals surface area contributed by atoms with E-state index in [1.54, 1.807) is 0 Å². The summed E-state index contributed by atoms with van der Waals surface area (Å²) < 4.78 is 7.71. The Labute approximate surface area is 341 Å². The molecule has 3 heterocycles. The molecule has 2 aliphatic rings. The minimum Gasteiger partial charge on any atom is -0.310 e. The molecule has 2 unspecified atom stereocenters. The summed E-state index contributed by atoms with van der Waals surface area (Å²) in [5, 5.41) is 6.55. The number of aromatic nitrogens is 2. The van der Waals surface area contributed by atoms with Crippen molar-refractivity contribution in [3.05, 3.63) is 216 Å². The predicted octanol–water partition coefficient (Wildman–Crippen LogP) is 14.7. The Morgan fingerprint density at radius 1 is 0.586 bits per heavy atom. The van der Waals surface area contributed by atoms with Gasteiger partial charge in [-0.2, -0.15) is 0 Å². The zero-order chi connectivity index (χ0) is 38.4. The SMILES string of the molecule is CC1(c2cccc3c4ccccc4n(-c4ccccc4)c23)C=Cc2c(c3ccccc3n2-c2cc(C3=CCC(c4ccccc4)C=C3)c3sc4ccccc4c3c2)C1. The first-order chi connectivity index (χ1) is 28.6. The first-order valence-electron chi connectivity index (χ1n) is 20.4. The Bertz CT molecular complexity index is 3350. The van der Waals surface area contributed by atoms with Crippen LogP contribution in [0.3, 0.4) is 0 Å². The summed E-state index contributed by atoms with van der Waals surface area (Å²) >= 11 is 1.92. The molecule has 2 atom stereocenters. The summed E-state index contributed by atoms with van der Waals surface area (Å²) in [7, 11) is 0. The molecule has 0 spiro atoms. The van der Waals surface area contributed by atoms with Gasteiger partial charge in [0, 0.05) is 70.3 Å². The molecular formula is C55H40N2S. The molecule has 58 heavy (non-hydrogen) atoms. The maximum Gasteiger partial charge on any atom is 0.0581 e. The maximum absolute atomic E-state index is 2.54. The van der Waals surface area contributed by atoms with Crippen LogP contribution in [0.5, 0.6) is 0 Å².